The zero-order chi connectivity index (χ0) is 13.8. The van der Waals surface area contributed by atoms with Gasteiger partial charge >= 0.3 is 0 Å². The van der Waals surface area contributed by atoms with E-state index in [1.54, 1.807) is 12.3 Å². The Bertz CT molecular complexity index is 558. The Hall–Kier alpha value is -2.01. The van der Waals surface area contributed by atoms with Gasteiger partial charge in [0, 0.05) is 24.4 Å². The number of ether oxygens (including phenoxy) is 1. The van der Waals surface area contributed by atoms with Crippen LogP contribution in [0.25, 0.3) is 0 Å². The summed E-state index contributed by atoms with van der Waals surface area (Å²) in [5.74, 6) is -1.31. The van der Waals surface area contributed by atoms with Gasteiger partial charge in [-0.15, -0.1) is 0 Å². The molecule has 1 N–H and O–H groups in total. The quantitative estimate of drug-likeness (QED) is 0.918. The largest absolute Gasteiger partial charge is 0.439 e. The average Bonchev–Trinajstić information content (AvgIpc) is 2.43. The lowest BCUT2D eigenvalue weighted by molar-refractivity contribution is 0.447. The van der Waals surface area contributed by atoms with Crippen LogP contribution in [0, 0.1) is 11.6 Å². The van der Waals surface area contributed by atoms with Crippen LogP contribution in [0.2, 0.25) is 0 Å². The Morgan fingerprint density at radius 1 is 1.16 bits per heavy atom. The van der Waals surface area contributed by atoms with Crippen LogP contribution in [-0.4, -0.2) is 12.0 Å². The molecule has 100 valence electrons. The molecule has 0 radical (unpaired) electrons. The molecule has 0 saturated heterocycles. The fourth-order valence-corrected chi connectivity index (χ4v) is 1.54. The van der Waals surface area contributed by atoms with Gasteiger partial charge in [-0.2, -0.15) is 0 Å². The number of hydrogen-bond acceptors (Lipinski definition) is 3. The first-order valence-electron chi connectivity index (χ1n) is 5.86. The summed E-state index contributed by atoms with van der Waals surface area (Å²) in [6.45, 7) is 2.01. The monoisotopic (exact) mass is 264 g/mol. The first kappa shape index (κ1) is 13.4. The first-order valence-corrected chi connectivity index (χ1v) is 5.86. The normalized spacial score (nSPS) is 12.2. The van der Waals surface area contributed by atoms with E-state index < -0.39 is 11.6 Å². The fourth-order valence-electron chi connectivity index (χ4n) is 1.54. The summed E-state index contributed by atoms with van der Waals surface area (Å²) >= 11 is 0. The summed E-state index contributed by atoms with van der Waals surface area (Å²) in [4.78, 5) is 4.12. The van der Waals surface area contributed by atoms with Gasteiger partial charge in [0.05, 0.1) is 0 Å². The van der Waals surface area contributed by atoms with Crippen molar-refractivity contribution < 1.29 is 13.5 Å². The van der Waals surface area contributed by atoms with Crippen LogP contribution in [0.5, 0.6) is 11.6 Å². The van der Waals surface area contributed by atoms with Crippen molar-refractivity contribution in [2.75, 3.05) is 7.05 Å². The number of halogens is 2. The third-order valence-electron chi connectivity index (χ3n) is 2.81. The second kappa shape index (κ2) is 5.75. The molecular weight excluding hydrogens is 250 g/mol. The highest BCUT2D eigenvalue weighted by Crippen LogP contribution is 2.22. The van der Waals surface area contributed by atoms with E-state index in [2.05, 4.69) is 10.3 Å². The van der Waals surface area contributed by atoms with E-state index in [0.717, 1.165) is 17.7 Å². The molecule has 3 nitrogen and oxygen atoms in total. The molecule has 2 aromatic rings. The molecule has 19 heavy (non-hydrogen) atoms. The highest BCUT2D eigenvalue weighted by molar-refractivity contribution is 5.29. The van der Waals surface area contributed by atoms with Gasteiger partial charge in [0.15, 0.2) is 11.6 Å². The zero-order valence-corrected chi connectivity index (χ0v) is 10.7. The van der Waals surface area contributed by atoms with Crippen LogP contribution in [0.15, 0.2) is 36.5 Å². The maximum absolute atomic E-state index is 13.0. The van der Waals surface area contributed by atoms with Crippen LogP contribution < -0.4 is 10.1 Å². The average molecular weight is 264 g/mol. The van der Waals surface area contributed by atoms with Gasteiger partial charge in [-0.25, -0.2) is 13.8 Å². The molecule has 0 amide bonds. The van der Waals surface area contributed by atoms with Crippen molar-refractivity contribution in [2.24, 2.45) is 0 Å². The highest BCUT2D eigenvalue weighted by atomic mass is 19.2. The van der Waals surface area contributed by atoms with Gasteiger partial charge in [0.1, 0.15) is 5.75 Å². The predicted molar refractivity (Wildman–Crippen MR) is 68.1 cm³/mol. The molecule has 1 atom stereocenters. The molecule has 0 saturated carbocycles. The van der Waals surface area contributed by atoms with E-state index in [1.165, 1.54) is 6.07 Å². The predicted octanol–water partition coefficient (Wildman–Crippen LogP) is 3.43. The Kier molecular flexibility index (Phi) is 4.06. The van der Waals surface area contributed by atoms with Crippen LogP contribution in [0.3, 0.4) is 0 Å². The summed E-state index contributed by atoms with van der Waals surface area (Å²) in [5, 5.41) is 3.09. The maximum atomic E-state index is 13.0. The van der Waals surface area contributed by atoms with Crippen molar-refractivity contribution in [2.45, 2.75) is 13.0 Å². The molecule has 0 fully saturated rings. The highest BCUT2D eigenvalue weighted by Gasteiger charge is 2.06. The SMILES string of the molecule is CNC(C)c1ccc(Oc2ccc(F)c(F)c2)nc1. The summed E-state index contributed by atoms with van der Waals surface area (Å²) in [7, 11) is 1.86. The summed E-state index contributed by atoms with van der Waals surface area (Å²) < 4.78 is 31.1. The number of aromatic nitrogens is 1. The van der Waals surface area contributed by atoms with Crippen molar-refractivity contribution in [3.8, 4) is 11.6 Å². The number of hydrogen-bond donors (Lipinski definition) is 1. The topological polar surface area (TPSA) is 34.1 Å². The number of nitrogens with one attached hydrogen (secondary N) is 1. The van der Waals surface area contributed by atoms with Gasteiger partial charge < -0.3 is 10.1 Å². The van der Waals surface area contributed by atoms with Crippen molar-refractivity contribution in [3.05, 3.63) is 53.7 Å². The molecule has 2 rings (SSSR count). The zero-order valence-electron chi connectivity index (χ0n) is 10.7. The maximum Gasteiger partial charge on any atom is 0.219 e. The minimum Gasteiger partial charge on any atom is -0.439 e. The van der Waals surface area contributed by atoms with E-state index in [0.29, 0.717) is 5.88 Å². The van der Waals surface area contributed by atoms with Gasteiger partial charge in [0.25, 0.3) is 0 Å². The van der Waals surface area contributed by atoms with Gasteiger partial charge in [-0.05, 0) is 31.7 Å². The molecule has 1 unspecified atom stereocenters. The number of pyridine rings is 1. The number of rotatable bonds is 4. The second-order valence-electron chi connectivity index (χ2n) is 4.12. The molecular formula is C14H14F2N2O. The van der Waals surface area contributed by atoms with Crippen LogP contribution in [0.1, 0.15) is 18.5 Å². The first-order chi connectivity index (χ1) is 9.10. The molecule has 1 aromatic carbocycles. The van der Waals surface area contributed by atoms with Crippen molar-refractivity contribution in [3.63, 3.8) is 0 Å². The number of nitrogens with zero attached hydrogens (tertiary/aromatic N) is 1. The van der Waals surface area contributed by atoms with Crippen LogP contribution in [0.4, 0.5) is 8.78 Å². The van der Waals surface area contributed by atoms with Crippen molar-refractivity contribution >= 4 is 0 Å². The summed E-state index contributed by atoms with van der Waals surface area (Å²) in [6, 6.07) is 7.09. The van der Waals surface area contributed by atoms with E-state index >= 15 is 0 Å². The van der Waals surface area contributed by atoms with Crippen molar-refractivity contribution in [1.29, 1.82) is 0 Å². The lowest BCUT2D eigenvalue weighted by Crippen LogP contribution is -2.12. The van der Waals surface area contributed by atoms with E-state index in [-0.39, 0.29) is 11.8 Å². The molecule has 5 heteroatoms. The Morgan fingerprint density at radius 3 is 2.53 bits per heavy atom. The Labute approximate surface area is 110 Å². The molecule has 0 aliphatic rings. The Morgan fingerprint density at radius 2 is 1.95 bits per heavy atom. The van der Waals surface area contributed by atoms with Gasteiger partial charge in [0.2, 0.25) is 5.88 Å². The standard InChI is InChI=1S/C14H14F2N2O/c1-9(17-2)10-3-6-14(18-8-10)19-11-4-5-12(15)13(16)7-11/h3-9,17H,1-2H3. The van der Waals surface area contributed by atoms with Crippen molar-refractivity contribution in [1.82, 2.24) is 10.3 Å². The van der Waals surface area contributed by atoms with E-state index in [9.17, 15) is 8.78 Å². The summed E-state index contributed by atoms with van der Waals surface area (Å²) in [6.07, 6.45) is 1.68. The lowest BCUT2D eigenvalue weighted by Gasteiger charge is -2.10. The van der Waals surface area contributed by atoms with Gasteiger partial charge in [-0.1, -0.05) is 6.07 Å². The molecule has 0 aliphatic carbocycles. The van der Waals surface area contributed by atoms with E-state index in [4.69, 9.17) is 4.74 Å². The second-order valence-corrected chi connectivity index (χ2v) is 4.12. The third kappa shape index (κ3) is 3.26. The lowest BCUT2D eigenvalue weighted by atomic mass is 10.1. The third-order valence-corrected chi connectivity index (χ3v) is 2.81. The molecule has 1 aromatic heterocycles. The molecule has 0 aliphatic heterocycles. The minimum absolute atomic E-state index is 0.185. The van der Waals surface area contributed by atoms with E-state index in [1.807, 2.05) is 20.0 Å². The number of benzene rings is 1. The minimum atomic E-state index is -0.946. The Balaban J connectivity index is 2.12. The smallest absolute Gasteiger partial charge is 0.219 e. The molecule has 1 heterocycles. The fraction of sp³-hybridized carbons (Fsp3) is 0.214. The van der Waals surface area contributed by atoms with Gasteiger partial charge in [-0.3, -0.25) is 0 Å². The molecule has 0 bridgehead atoms. The van der Waals surface area contributed by atoms with Crippen LogP contribution >= 0.6 is 0 Å². The van der Waals surface area contributed by atoms with Crippen LogP contribution in [-0.2, 0) is 0 Å². The summed E-state index contributed by atoms with van der Waals surface area (Å²) in [5.41, 5.74) is 1.01. The molecule has 0 spiro atoms.